The molecule has 20 heteroatoms. The quantitative estimate of drug-likeness (QED) is 0.0371. The molecule has 0 aliphatic rings. The van der Waals surface area contributed by atoms with Crippen LogP contribution in [-0.2, 0) is 76.0 Å². The van der Waals surface area contributed by atoms with Gasteiger partial charge in [-0.3, -0.25) is 0 Å². The van der Waals surface area contributed by atoms with Crippen molar-refractivity contribution in [2.45, 2.75) is 27.7 Å². The van der Waals surface area contributed by atoms with Crippen LogP contribution >= 0.6 is 0 Å². The number of fused-ring (bicyclic) bond motifs is 1. The van der Waals surface area contributed by atoms with E-state index in [1.54, 1.807) is 52.0 Å². The van der Waals surface area contributed by atoms with Gasteiger partial charge in [-0.25, -0.2) is 19.2 Å². The van der Waals surface area contributed by atoms with Crippen LogP contribution in [-0.4, -0.2) is 182 Å². The van der Waals surface area contributed by atoms with E-state index in [-0.39, 0.29) is 159 Å². The van der Waals surface area contributed by atoms with Gasteiger partial charge in [-0.1, -0.05) is 26.3 Å². The van der Waals surface area contributed by atoms with Gasteiger partial charge in [0.1, 0.15) is 75.9 Å². The van der Waals surface area contributed by atoms with Crippen LogP contribution in [0, 0.1) is 0 Å². The molecule has 0 amide bonds. The van der Waals surface area contributed by atoms with E-state index in [1.165, 1.54) is 0 Å². The number of ether oxygens (including phenoxy) is 16. The van der Waals surface area contributed by atoms with E-state index in [0.29, 0.717) is 56.1 Å². The van der Waals surface area contributed by atoms with Crippen molar-refractivity contribution in [3.05, 3.63) is 72.9 Å². The Morgan fingerprint density at radius 2 is 0.443 bits per heavy atom. The molecule has 0 radical (unpaired) electrons. The van der Waals surface area contributed by atoms with Gasteiger partial charge in [0.2, 0.25) is 0 Å². The molecule has 2 aromatic carbocycles. The Morgan fingerprint density at radius 1 is 0.286 bits per heavy atom. The zero-order chi connectivity index (χ0) is 51.2. The number of esters is 4. The summed E-state index contributed by atoms with van der Waals surface area (Å²) in [6.07, 6.45) is 0. The molecule has 0 atom stereocenters. The molecule has 70 heavy (non-hydrogen) atoms. The summed E-state index contributed by atoms with van der Waals surface area (Å²) in [6, 6.07) is 7.07. The van der Waals surface area contributed by atoms with Crippen molar-refractivity contribution < 1.29 is 95.0 Å². The molecular formula is C50H72O20. The second-order valence-electron chi connectivity index (χ2n) is 14.8. The van der Waals surface area contributed by atoms with Crippen LogP contribution in [0.2, 0.25) is 0 Å². The number of hydrogen-bond donors (Lipinski definition) is 0. The van der Waals surface area contributed by atoms with Crippen LogP contribution in [0.3, 0.4) is 0 Å². The number of carbonyl (C=O) groups excluding carboxylic acids is 4. The van der Waals surface area contributed by atoms with Gasteiger partial charge in [0, 0.05) is 22.3 Å². The maximum Gasteiger partial charge on any atom is 0.333 e. The van der Waals surface area contributed by atoms with Gasteiger partial charge in [0.05, 0.1) is 116 Å². The molecule has 392 valence electrons. The highest BCUT2D eigenvalue weighted by Crippen LogP contribution is 2.44. The topological polar surface area (TPSA) is 216 Å². The van der Waals surface area contributed by atoms with Crippen molar-refractivity contribution >= 4 is 34.6 Å². The summed E-state index contributed by atoms with van der Waals surface area (Å²) >= 11 is 0. The summed E-state index contributed by atoms with van der Waals surface area (Å²) in [5.41, 5.74) is 1.26. The van der Waals surface area contributed by atoms with Crippen molar-refractivity contribution in [1.82, 2.24) is 0 Å². The van der Waals surface area contributed by atoms with Crippen LogP contribution in [0.1, 0.15) is 27.7 Å². The smallest absolute Gasteiger partial charge is 0.333 e. The minimum atomic E-state index is -0.473. The van der Waals surface area contributed by atoms with Gasteiger partial charge < -0.3 is 75.8 Å². The monoisotopic (exact) mass is 992 g/mol. The lowest BCUT2D eigenvalue weighted by Gasteiger charge is -2.20. The molecule has 0 heterocycles. The molecule has 0 N–H and O–H groups in total. The Hall–Kier alpha value is -5.58. The molecule has 0 saturated heterocycles. The summed E-state index contributed by atoms with van der Waals surface area (Å²) in [5.74, 6) is -0.0298. The van der Waals surface area contributed by atoms with E-state index in [4.69, 9.17) is 75.8 Å². The van der Waals surface area contributed by atoms with E-state index in [1.807, 2.05) is 0 Å². The first-order valence-electron chi connectivity index (χ1n) is 22.9. The Kier molecular flexibility index (Phi) is 33.0. The van der Waals surface area contributed by atoms with Crippen molar-refractivity contribution in [1.29, 1.82) is 0 Å². The van der Waals surface area contributed by atoms with Crippen molar-refractivity contribution in [3.63, 3.8) is 0 Å². The standard InChI is InChI=1S/C50H72O20/c1-37(2)47(51)67-33-25-59-17-13-55-21-29-63-41-9-10-43(65-31-23-57-15-19-61-27-35-69-49(53)39(5)6)46-44(66-32-24-58-16-20-62-28-36-70-50(54)40(7)8)12-11-42(45(41)46)64-30-22-56-14-18-60-26-34-68-48(52)38(3)4/h9-12H,1,3,5,7,13-36H2,2,4,6,8H3. The van der Waals surface area contributed by atoms with Gasteiger partial charge in [-0.05, 0) is 52.0 Å². The van der Waals surface area contributed by atoms with Gasteiger partial charge in [0.25, 0.3) is 0 Å². The zero-order valence-corrected chi connectivity index (χ0v) is 41.3. The Balaban J connectivity index is 2.13. The highest BCUT2D eigenvalue weighted by molar-refractivity contribution is 6.02. The zero-order valence-electron chi connectivity index (χ0n) is 41.3. The summed E-state index contributed by atoms with van der Waals surface area (Å²) in [5, 5.41) is 1.14. The molecule has 0 fully saturated rings. The predicted octanol–water partition coefficient (Wildman–Crippen LogP) is 4.97. The average Bonchev–Trinajstić information content (AvgIpc) is 3.33. The molecule has 0 aliphatic heterocycles. The number of benzene rings is 2. The second-order valence-corrected chi connectivity index (χ2v) is 14.8. The minimum absolute atomic E-state index is 0.105. The predicted molar refractivity (Wildman–Crippen MR) is 256 cm³/mol. The van der Waals surface area contributed by atoms with Gasteiger partial charge in [-0.2, -0.15) is 0 Å². The highest BCUT2D eigenvalue weighted by Gasteiger charge is 2.19. The molecule has 0 aromatic heterocycles. The molecule has 2 rings (SSSR count). The fourth-order valence-electron chi connectivity index (χ4n) is 5.25. The maximum atomic E-state index is 11.5. The molecule has 0 bridgehead atoms. The molecule has 0 aliphatic carbocycles. The summed E-state index contributed by atoms with van der Waals surface area (Å²) in [6.45, 7) is 25.6. The summed E-state index contributed by atoms with van der Waals surface area (Å²) < 4.78 is 90.1. The van der Waals surface area contributed by atoms with Crippen molar-refractivity contribution in [2.75, 3.05) is 159 Å². The van der Waals surface area contributed by atoms with Gasteiger partial charge in [-0.15, -0.1) is 0 Å². The lowest BCUT2D eigenvalue weighted by Crippen LogP contribution is -2.15. The summed E-state index contributed by atoms with van der Waals surface area (Å²) in [7, 11) is 0. The maximum absolute atomic E-state index is 11.5. The van der Waals surface area contributed by atoms with Crippen molar-refractivity contribution in [2.24, 2.45) is 0 Å². The highest BCUT2D eigenvalue weighted by atomic mass is 16.6. The Morgan fingerprint density at radius 3 is 0.614 bits per heavy atom. The van der Waals surface area contributed by atoms with E-state index in [2.05, 4.69) is 26.3 Å². The third-order valence-corrected chi connectivity index (χ3v) is 8.67. The number of rotatable bonds is 44. The largest absolute Gasteiger partial charge is 0.490 e. The minimum Gasteiger partial charge on any atom is -0.490 e. The van der Waals surface area contributed by atoms with Crippen LogP contribution in [0.5, 0.6) is 23.0 Å². The number of carbonyl (C=O) groups is 4. The molecule has 0 spiro atoms. The third kappa shape index (κ3) is 27.6. The molecular weight excluding hydrogens is 921 g/mol. The Labute approximate surface area is 410 Å². The van der Waals surface area contributed by atoms with E-state index in [0.717, 1.165) is 0 Å². The van der Waals surface area contributed by atoms with E-state index >= 15 is 0 Å². The molecule has 20 nitrogen and oxygen atoms in total. The molecule has 2 aromatic rings. The molecule has 0 saturated carbocycles. The first-order chi connectivity index (χ1) is 33.8. The van der Waals surface area contributed by atoms with E-state index in [9.17, 15) is 19.2 Å². The number of hydrogen-bond acceptors (Lipinski definition) is 20. The first kappa shape index (κ1) is 60.5. The fourth-order valence-corrected chi connectivity index (χ4v) is 5.25. The van der Waals surface area contributed by atoms with Gasteiger partial charge in [0.15, 0.2) is 0 Å². The van der Waals surface area contributed by atoms with Crippen LogP contribution in [0.25, 0.3) is 10.8 Å². The fraction of sp³-hybridized carbons (Fsp3) is 0.560. The summed E-state index contributed by atoms with van der Waals surface area (Å²) in [4.78, 5) is 46.2. The lowest BCUT2D eigenvalue weighted by molar-refractivity contribution is -0.141. The first-order valence-corrected chi connectivity index (χ1v) is 22.9. The SMILES string of the molecule is C=C(C)C(=O)OCCOCCOCCOc1ccc(OCCOCCOCCOC(=O)C(=C)C)c2c(OCCOCCOCCOC(=O)C(=C)C)ccc(OCCOCCOCCOC(=O)C(=C)C)c12. The van der Waals surface area contributed by atoms with Crippen molar-refractivity contribution in [3.8, 4) is 23.0 Å². The lowest BCUT2D eigenvalue weighted by atomic mass is 10.1. The van der Waals surface area contributed by atoms with Crippen LogP contribution in [0.4, 0.5) is 0 Å². The van der Waals surface area contributed by atoms with E-state index < -0.39 is 23.9 Å². The van der Waals surface area contributed by atoms with Crippen LogP contribution in [0.15, 0.2) is 72.9 Å². The molecule has 0 unspecified atom stereocenters. The normalized spacial score (nSPS) is 10.9. The second kappa shape index (κ2) is 38.2. The Bertz CT molecular complexity index is 1650. The third-order valence-electron chi connectivity index (χ3n) is 8.67. The van der Waals surface area contributed by atoms with Crippen LogP contribution < -0.4 is 18.9 Å². The average molecular weight is 993 g/mol. The van der Waals surface area contributed by atoms with Gasteiger partial charge >= 0.3 is 23.9 Å².